The van der Waals surface area contributed by atoms with Gasteiger partial charge in [0.2, 0.25) is 0 Å². The Hall–Kier alpha value is -1.02. The molecule has 0 heterocycles. The van der Waals surface area contributed by atoms with E-state index in [1.54, 1.807) is 0 Å². The summed E-state index contributed by atoms with van der Waals surface area (Å²) in [6.07, 6.45) is 4.39. The van der Waals surface area contributed by atoms with Crippen molar-refractivity contribution in [1.29, 1.82) is 0 Å². The van der Waals surface area contributed by atoms with Gasteiger partial charge in [0.25, 0.3) is 0 Å². The molecule has 1 fully saturated rings. The third-order valence-electron chi connectivity index (χ3n) is 2.09. The Morgan fingerprint density at radius 1 is 1.50 bits per heavy atom. The molecule has 1 saturated carbocycles. The topological polar surface area (TPSA) is 21.6 Å². The Bertz CT molecular complexity index is 334. The zero-order chi connectivity index (χ0) is 9.80. The van der Waals surface area contributed by atoms with Crippen LogP contribution < -0.4 is 0 Å². The van der Waals surface area contributed by atoms with Crippen LogP contribution in [0.25, 0.3) is 0 Å². The fourth-order valence-corrected chi connectivity index (χ4v) is 1.33. The van der Waals surface area contributed by atoms with Gasteiger partial charge in [-0.05, 0) is 36.5 Å². The smallest absolute Gasteiger partial charge is 0.142 e. The highest BCUT2D eigenvalue weighted by molar-refractivity contribution is 6.30. The fraction of sp³-hybridized carbons (Fsp3) is 0.364. The second kappa shape index (κ2) is 4.47. The first-order chi connectivity index (χ1) is 6.84. The molecule has 14 heavy (non-hydrogen) atoms. The molecule has 0 aliphatic heterocycles. The molecule has 0 saturated heterocycles. The Morgan fingerprint density at radius 3 is 3.07 bits per heavy atom. The molecule has 0 atom stereocenters. The third-order valence-corrected chi connectivity index (χ3v) is 2.32. The largest absolute Gasteiger partial charge is 0.391 e. The van der Waals surface area contributed by atoms with Crippen LogP contribution in [0, 0.1) is 5.92 Å². The van der Waals surface area contributed by atoms with E-state index in [1.165, 1.54) is 12.8 Å². The highest BCUT2D eigenvalue weighted by Crippen LogP contribution is 2.26. The summed E-state index contributed by atoms with van der Waals surface area (Å²) in [6.45, 7) is 0.490. The van der Waals surface area contributed by atoms with Crippen LogP contribution in [0.4, 0.5) is 0 Å². The van der Waals surface area contributed by atoms with Crippen molar-refractivity contribution in [3.05, 3.63) is 34.9 Å². The molecule has 2 nitrogen and oxygen atoms in total. The van der Waals surface area contributed by atoms with Crippen molar-refractivity contribution in [2.45, 2.75) is 19.4 Å². The van der Waals surface area contributed by atoms with E-state index in [1.807, 2.05) is 30.5 Å². The standard InChI is InChI=1S/C11H12ClNO/c12-11-3-1-2-10(6-11)8-14-13-7-9-4-5-9/h1-3,6-7,9H,4-5,8H2. The minimum Gasteiger partial charge on any atom is -0.391 e. The van der Waals surface area contributed by atoms with Crippen molar-refractivity contribution in [3.8, 4) is 0 Å². The molecule has 0 aromatic heterocycles. The average Bonchev–Trinajstić information content (AvgIpc) is 2.96. The normalized spacial score (nSPS) is 16.1. The average molecular weight is 210 g/mol. The van der Waals surface area contributed by atoms with Gasteiger partial charge in [-0.2, -0.15) is 0 Å². The van der Waals surface area contributed by atoms with Gasteiger partial charge in [-0.25, -0.2) is 0 Å². The molecule has 0 N–H and O–H groups in total. The maximum Gasteiger partial charge on any atom is 0.142 e. The van der Waals surface area contributed by atoms with E-state index >= 15 is 0 Å². The predicted octanol–water partition coefficient (Wildman–Crippen LogP) is 3.25. The number of hydrogen-bond acceptors (Lipinski definition) is 2. The summed E-state index contributed by atoms with van der Waals surface area (Å²) in [6, 6.07) is 7.61. The minimum absolute atomic E-state index is 0.490. The highest BCUT2D eigenvalue weighted by atomic mass is 35.5. The molecule has 1 aliphatic rings. The summed E-state index contributed by atoms with van der Waals surface area (Å²) in [5, 5.41) is 4.62. The van der Waals surface area contributed by atoms with Crippen LogP contribution in [0.2, 0.25) is 5.02 Å². The monoisotopic (exact) mass is 209 g/mol. The van der Waals surface area contributed by atoms with Crippen molar-refractivity contribution >= 4 is 17.8 Å². The Morgan fingerprint density at radius 2 is 2.36 bits per heavy atom. The molecule has 0 amide bonds. The number of hydrogen-bond donors (Lipinski definition) is 0. The Kier molecular flexibility index (Phi) is 3.04. The van der Waals surface area contributed by atoms with Crippen molar-refractivity contribution < 1.29 is 4.84 Å². The second-order valence-corrected chi connectivity index (χ2v) is 3.93. The molecule has 3 heteroatoms. The summed E-state index contributed by atoms with van der Waals surface area (Å²) in [4.78, 5) is 5.14. The molecule has 1 aromatic rings. The van der Waals surface area contributed by atoms with Crippen LogP contribution >= 0.6 is 11.6 Å². The summed E-state index contributed by atoms with van der Waals surface area (Å²) in [7, 11) is 0. The van der Waals surface area contributed by atoms with Gasteiger partial charge in [-0.1, -0.05) is 28.9 Å². The quantitative estimate of drug-likeness (QED) is 0.551. The third kappa shape index (κ3) is 3.04. The van der Waals surface area contributed by atoms with Crippen molar-refractivity contribution in [2.24, 2.45) is 11.1 Å². The SMILES string of the molecule is Clc1cccc(CON=CC2CC2)c1. The number of nitrogens with zero attached hydrogens (tertiary/aromatic N) is 1. The summed E-state index contributed by atoms with van der Waals surface area (Å²) < 4.78 is 0. The van der Waals surface area contributed by atoms with Crippen LogP contribution in [0.15, 0.2) is 29.4 Å². The molecule has 0 spiro atoms. The second-order valence-electron chi connectivity index (χ2n) is 3.50. The number of benzene rings is 1. The molecule has 1 aliphatic carbocycles. The number of oxime groups is 1. The maximum atomic E-state index is 5.82. The van der Waals surface area contributed by atoms with E-state index < -0.39 is 0 Å². The first-order valence-electron chi connectivity index (χ1n) is 4.74. The maximum absolute atomic E-state index is 5.82. The number of halogens is 1. The van der Waals surface area contributed by atoms with Gasteiger partial charge in [-0.3, -0.25) is 0 Å². The molecule has 74 valence electrons. The number of rotatable bonds is 4. The Balaban J connectivity index is 1.79. The summed E-state index contributed by atoms with van der Waals surface area (Å²) >= 11 is 5.82. The van der Waals surface area contributed by atoms with E-state index in [-0.39, 0.29) is 0 Å². The molecule has 0 unspecified atom stereocenters. The minimum atomic E-state index is 0.490. The van der Waals surface area contributed by atoms with Gasteiger partial charge < -0.3 is 4.84 Å². The molecule has 1 aromatic carbocycles. The highest BCUT2D eigenvalue weighted by Gasteiger charge is 2.18. The predicted molar refractivity (Wildman–Crippen MR) is 57.5 cm³/mol. The van der Waals surface area contributed by atoms with Crippen LogP contribution in [-0.2, 0) is 11.4 Å². The molecular formula is C11H12ClNO. The lowest BCUT2D eigenvalue weighted by Crippen LogP contribution is -1.87. The van der Waals surface area contributed by atoms with Crippen LogP contribution in [-0.4, -0.2) is 6.21 Å². The van der Waals surface area contributed by atoms with Gasteiger partial charge >= 0.3 is 0 Å². The van der Waals surface area contributed by atoms with Gasteiger partial charge in [0.05, 0.1) is 0 Å². The Labute approximate surface area is 88.5 Å². The lowest BCUT2D eigenvalue weighted by molar-refractivity contribution is 0.131. The molecule has 2 rings (SSSR count). The van der Waals surface area contributed by atoms with Crippen LogP contribution in [0.1, 0.15) is 18.4 Å². The van der Waals surface area contributed by atoms with E-state index in [4.69, 9.17) is 16.4 Å². The van der Waals surface area contributed by atoms with Crippen LogP contribution in [0.3, 0.4) is 0 Å². The van der Waals surface area contributed by atoms with E-state index in [0.29, 0.717) is 12.5 Å². The van der Waals surface area contributed by atoms with Gasteiger partial charge in [0.15, 0.2) is 0 Å². The summed E-state index contributed by atoms with van der Waals surface area (Å²) in [5.74, 6) is 0.661. The van der Waals surface area contributed by atoms with Gasteiger partial charge in [0, 0.05) is 11.2 Å². The lowest BCUT2D eigenvalue weighted by atomic mass is 10.2. The fourth-order valence-electron chi connectivity index (χ4n) is 1.11. The first-order valence-corrected chi connectivity index (χ1v) is 5.12. The zero-order valence-electron chi connectivity index (χ0n) is 7.82. The summed E-state index contributed by atoms with van der Waals surface area (Å²) in [5.41, 5.74) is 1.05. The zero-order valence-corrected chi connectivity index (χ0v) is 8.57. The molecule has 0 bridgehead atoms. The van der Waals surface area contributed by atoms with E-state index in [9.17, 15) is 0 Å². The lowest BCUT2D eigenvalue weighted by Gasteiger charge is -1.99. The van der Waals surface area contributed by atoms with Gasteiger partial charge in [-0.15, -0.1) is 0 Å². The van der Waals surface area contributed by atoms with Crippen molar-refractivity contribution in [2.75, 3.05) is 0 Å². The van der Waals surface area contributed by atoms with Gasteiger partial charge in [0.1, 0.15) is 6.61 Å². The van der Waals surface area contributed by atoms with E-state index in [2.05, 4.69) is 5.16 Å². The molecular weight excluding hydrogens is 198 g/mol. The van der Waals surface area contributed by atoms with Crippen molar-refractivity contribution in [3.63, 3.8) is 0 Å². The van der Waals surface area contributed by atoms with Crippen LogP contribution in [0.5, 0.6) is 0 Å². The molecule has 0 radical (unpaired) electrons. The first kappa shape index (κ1) is 9.53. The van der Waals surface area contributed by atoms with E-state index in [0.717, 1.165) is 10.6 Å². The van der Waals surface area contributed by atoms with Crippen molar-refractivity contribution in [1.82, 2.24) is 0 Å².